The molecule has 5 heteroatoms. The molecule has 0 aromatic carbocycles. The molecule has 2 aliphatic rings. The number of rotatable bonds is 4. The van der Waals surface area contributed by atoms with E-state index < -0.39 is 5.54 Å². The number of hydrogen-bond acceptors (Lipinski definition) is 3. The molecule has 2 fully saturated rings. The maximum Gasteiger partial charge on any atom is 0.248 e. The van der Waals surface area contributed by atoms with Gasteiger partial charge in [-0.2, -0.15) is 11.8 Å². The molecule has 1 N–H and O–H groups in total. The van der Waals surface area contributed by atoms with Gasteiger partial charge in [-0.05, 0) is 25.5 Å². The zero-order valence-electron chi connectivity index (χ0n) is 11.2. The van der Waals surface area contributed by atoms with Gasteiger partial charge in [0, 0.05) is 11.8 Å². The molecule has 1 heterocycles. The number of piperazine rings is 1. The van der Waals surface area contributed by atoms with E-state index in [9.17, 15) is 9.59 Å². The Morgan fingerprint density at radius 3 is 2.67 bits per heavy atom. The Hall–Kier alpha value is -0.710. The fourth-order valence-electron chi connectivity index (χ4n) is 2.86. The minimum atomic E-state index is -0.558. The predicted octanol–water partition coefficient (Wildman–Crippen LogP) is 1.40. The van der Waals surface area contributed by atoms with E-state index in [1.54, 1.807) is 16.7 Å². The van der Waals surface area contributed by atoms with E-state index in [0.29, 0.717) is 11.8 Å². The van der Waals surface area contributed by atoms with Crippen molar-refractivity contribution in [3.05, 3.63) is 0 Å². The van der Waals surface area contributed by atoms with Crippen molar-refractivity contribution in [2.24, 2.45) is 0 Å². The summed E-state index contributed by atoms with van der Waals surface area (Å²) < 4.78 is 0. The topological polar surface area (TPSA) is 49.4 Å². The first-order chi connectivity index (χ1) is 8.57. The highest BCUT2D eigenvalue weighted by atomic mass is 32.2. The normalized spacial score (nSPS) is 24.4. The minimum Gasteiger partial charge on any atom is -0.340 e. The Balaban J connectivity index is 2.01. The van der Waals surface area contributed by atoms with Gasteiger partial charge in [0.05, 0.1) is 6.54 Å². The van der Waals surface area contributed by atoms with Crippen molar-refractivity contribution >= 4 is 23.6 Å². The number of thioether (sulfide) groups is 1. The number of carbonyl (C=O) groups is 2. The Morgan fingerprint density at radius 2 is 2.06 bits per heavy atom. The molecule has 4 nitrogen and oxygen atoms in total. The van der Waals surface area contributed by atoms with Crippen molar-refractivity contribution in [2.45, 2.75) is 49.8 Å². The van der Waals surface area contributed by atoms with Gasteiger partial charge in [-0.15, -0.1) is 0 Å². The first-order valence-electron chi connectivity index (χ1n) is 6.70. The molecule has 2 rings (SSSR count). The third-order valence-corrected chi connectivity index (χ3v) is 5.12. The van der Waals surface area contributed by atoms with E-state index in [2.05, 4.69) is 18.5 Å². The van der Waals surface area contributed by atoms with Crippen molar-refractivity contribution in [3.8, 4) is 0 Å². The highest BCUT2D eigenvalue weighted by molar-refractivity contribution is 7.99. The van der Waals surface area contributed by atoms with Crippen LogP contribution in [0, 0.1) is 0 Å². The molecule has 0 aromatic heterocycles. The zero-order chi connectivity index (χ0) is 13.2. The van der Waals surface area contributed by atoms with Gasteiger partial charge in [-0.25, -0.2) is 0 Å². The Kier molecular flexibility index (Phi) is 4.20. The molecule has 0 aromatic rings. The average molecular weight is 270 g/mol. The van der Waals surface area contributed by atoms with Crippen molar-refractivity contribution in [3.63, 3.8) is 0 Å². The molecule has 1 unspecified atom stereocenters. The van der Waals surface area contributed by atoms with Crippen LogP contribution in [0.2, 0.25) is 0 Å². The summed E-state index contributed by atoms with van der Waals surface area (Å²) in [4.78, 5) is 26.0. The van der Waals surface area contributed by atoms with Crippen LogP contribution in [0.3, 0.4) is 0 Å². The summed E-state index contributed by atoms with van der Waals surface area (Å²) in [6, 6.07) is 0. The lowest BCUT2D eigenvalue weighted by Gasteiger charge is -2.40. The van der Waals surface area contributed by atoms with Crippen LogP contribution < -0.4 is 5.32 Å². The molecule has 1 saturated heterocycles. The van der Waals surface area contributed by atoms with Gasteiger partial charge in [-0.3, -0.25) is 9.59 Å². The smallest absolute Gasteiger partial charge is 0.248 e. The number of hydrogen-bond donors (Lipinski definition) is 1. The second-order valence-electron chi connectivity index (χ2n) is 5.40. The summed E-state index contributed by atoms with van der Waals surface area (Å²) in [5, 5.41) is 3.47. The molecule has 1 atom stereocenters. The molecule has 0 radical (unpaired) electrons. The molecule has 18 heavy (non-hydrogen) atoms. The lowest BCUT2D eigenvalue weighted by Crippen LogP contribution is -2.65. The van der Waals surface area contributed by atoms with Crippen LogP contribution in [0.1, 0.15) is 39.0 Å². The van der Waals surface area contributed by atoms with Crippen molar-refractivity contribution < 1.29 is 9.59 Å². The molecule has 1 aliphatic heterocycles. The largest absolute Gasteiger partial charge is 0.340 e. The molecule has 1 saturated carbocycles. The number of carbonyl (C=O) groups excluding carboxylic acids is 2. The molecular formula is C13H22N2O2S. The van der Waals surface area contributed by atoms with E-state index in [1.165, 1.54) is 0 Å². The number of nitrogens with zero attached hydrogens (tertiary/aromatic N) is 1. The molecule has 2 amide bonds. The van der Waals surface area contributed by atoms with Crippen LogP contribution in [-0.4, -0.2) is 46.8 Å². The molecule has 1 aliphatic carbocycles. The van der Waals surface area contributed by atoms with Gasteiger partial charge in [0.25, 0.3) is 0 Å². The fourth-order valence-corrected chi connectivity index (χ4v) is 3.20. The minimum absolute atomic E-state index is 0.00769. The van der Waals surface area contributed by atoms with Gasteiger partial charge in [0.15, 0.2) is 0 Å². The second kappa shape index (κ2) is 5.51. The third kappa shape index (κ3) is 2.66. The van der Waals surface area contributed by atoms with Gasteiger partial charge >= 0.3 is 0 Å². The molecule has 0 bridgehead atoms. The van der Waals surface area contributed by atoms with Crippen LogP contribution in [0.15, 0.2) is 0 Å². The van der Waals surface area contributed by atoms with Gasteiger partial charge in [0.1, 0.15) is 5.54 Å². The Bertz CT molecular complexity index is 340. The highest BCUT2D eigenvalue weighted by Gasteiger charge is 2.47. The summed E-state index contributed by atoms with van der Waals surface area (Å²) in [5.41, 5.74) is -0.558. The lowest BCUT2D eigenvalue weighted by molar-refractivity contribution is -0.149. The quantitative estimate of drug-likeness (QED) is 0.840. The number of nitrogens with one attached hydrogen (secondary N) is 1. The molecule has 1 spiro atoms. The van der Waals surface area contributed by atoms with E-state index in [1.807, 2.05) is 0 Å². The molecule has 102 valence electrons. The summed E-state index contributed by atoms with van der Waals surface area (Å²) in [7, 11) is 0. The van der Waals surface area contributed by atoms with E-state index in [-0.39, 0.29) is 18.4 Å². The van der Waals surface area contributed by atoms with Crippen LogP contribution in [0.4, 0.5) is 0 Å². The highest BCUT2D eigenvalue weighted by Crippen LogP contribution is 2.33. The van der Waals surface area contributed by atoms with Crippen LogP contribution >= 0.6 is 11.8 Å². The Labute approximate surface area is 113 Å². The monoisotopic (exact) mass is 270 g/mol. The van der Waals surface area contributed by atoms with Crippen LogP contribution in [0.25, 0.3) is 0 Å². The first kappa shape index (κ1) is 13.7. The summed E-state index contributed by atoms with van der Waals surface area (Å²) in [6.07, 6.45) is 6.74. The van der Waals surface area contributed by atoms with Gasteiger partial charge < -0.3 is 10.2 Å². The third-order valence-electron chi connectivity index (χ3n) is 4.07. The first-order valence-corrected chi connectivity index (χ1v) is 7.99. The predicted molar refractivity (Wildman–Crippen MR) is 73.5 cm³/mol. The van der Waals surface area contributed by atoms with Gasteiger partial charge in [-0.1, -0.05) is 19.8 Å². The fraction of sp³-hybridized carbons (Fsp3) is 0.846. The van der Waals surface area contributed by atoms with E-state index >= 15 is 0 Å². The SMILES string of the molecule is CSC(C)CCN1CC(=O)NC2(CCCC2)C1=O. The van der Waals surface area contributed by atoms with E-state index in [4.69, 9.17) is 0 Å². The Morgan fingerprint density at radius 1 is 1.39 bits per heavy atom. The van der Waals surface area contributed by atoms with Crippen molar-refractivity contribution in [2.75, 3.05) is 19.3 Å². The van der Waals surface area contributed by atoms with Crippen molar-refractivity contribution in [1.29, 1.82) is 0 Å². The summed E-state index contributed by atoms with van der Waals surface area (Å²) in [6.45, 7) is 3.10. The lowest BCUT2D eigenvalue weighted by atomic mass is 9.93. The molecular weight excluding hydrogens is 248 g/mol. The van der Waals surface area contributed by atoms with Crippen LogP contribution in [0.5, 0.6) is 0 Å². The zero-order valence-corrected chi connectivity index (χ0v) is 12.0. The number of amides is 2. The van der Waals surface area contributed by atoms with Crippen LogP contribution in [-0.2, 0) is 9.59 Å². The van der Waals surface area contributed by atoms with Gasteiger partial charge in [0.2, 0.25) is 11.8 Å². The maximum atomic E-state index is 12.5. The van der Waals surface area contributed by atoms with E-state index in [0.717, 1.165) is 32.1 Å². The van der Waals surface area contributed by atoms with Crippen molar-refractivity contribution in [1.82, 2.24) is 10.2 Å². The summed E-state index contributed by atoms with van der Waals surface area (Å²) in [5.74, 6) is 0.154. The summed E-state index contributed by atoms with van der Waals surface area (Å²) >= 11 is 1.80. The average Bonchev–Trinajstić information content (AvgIpc) is 2.81. The maximum absolute atomic E-state index is 12.5. The standard InChI is InChI=1S/C13H22N2O2S/c1-10(18-2)5-8-15-9-11(16)14-13(12(15)17)6-3-4-7-13/h10H,3-9H2,1-2H3,(H,14,16). The second-order valence-corrected chi connectivity index (χ2v) is 6.68.